The Kier molecular flexibility index (Phi) is 5.68. The van der Waals surface area contributed by atoms with Crippen LogP contribution in [-0.2, 0) is 0 Å². The highest BCUT2D eigenvalue weighted by molar-refractivity contribution is 5.09. The van der Waals surface area contributed by atoms with Gasteiger partial charge in [0.1, 0.15) is 5.54 Å². The molecule has 1 saturated heterocycles. The van der Waals surface area contributed by atoms with E-state index in [9.17, 15) is 5.26 Å². The summed E-state index contributed by atoms with van der Waals surface area (Å²) in [6.07, 6.45) is 9.55. The van der Waals surface area contributed by atoms with Crippen LogP contribution in [0.15, 0.2) is 0 Å². The average Bonchev–Trinajstić information content (AvgIpc) is 3.24. The van der Waals surface area contributed by atoms with Gasteiger partial charge in [0.15, 0.2) is 0 Å². The van der Waals surface area contributed by atoms with Crippen LogP contribution in [0, 0.1) is 16.7 Å². The van der Waals surface area contributed by atoms with Crippen LogP contribution in [0.25, 0.3) is 0 Å². The van der Waals surface area contributed by atoms with Gasteiger partial charge in [-0.15, -0.1) is 0 Å². The van der Waals surface area contributed by atoms with Crippen molar-refractivity contribution in [1.29, 1.82) is 5.26 Å². The largest absolute Gasteiger partial charge is 0.303 e. The summed E-state index contributed by atoms with van der Waals surface area (Å²) in [6.45, 7) is 10.5. The van der Waals surface area contributed by atoms with Crippen molar-refractivity contribution in [2.75, 3.05) is 19.6 Å². The number of nitrogens with one attached hydrogen (secondary N) is 1. The minimum Gasteiger partial charge on any atom is -0.303 e. The molecule has 1 heterocycles. The van der Waals surface area contributed by atoms with Gasteiger partial charge in [0.2, 0.25) is 0 Å². The van der Waals surface area contributed by atoms with Crippen LogP contribution < -0.4 is 5.32 Å². The lowest BCUT2D eigenvalue weighted by atomic mass is 9.82. The van der Waals surface area contributed by atoms with E-state index in [1.807, 2.05) is 0 Å². The Balaban J connectivity index is 1.76. The molecule has 0 amide bonds. The number of nitrogens with zero attached hydrogens (tertiary/aromatic N) is 2. The molecule has 1 N–H and O–H groups in total. The van der Waals surface area contributed by atoms with Crippen LogP contribution in [0.2, 0.25) is 0 Å². The summed E-state index contributed by atoms with van der Waals surface area (Å²) in [5.74, 6) is 0. The van der Waals surface area contributed by atoms with E-state index in [1.165, 1.54) is 45.2 Å². The van der Waals surface area contributed by atoms with Crippen molar-refractivity contribution in [2.45, 2.75) is 83.7 Å². The molecule has 1 aliphatic carbocycles. The molecule has 2 fully saturated rings. The molecule has 1 unspecified atom stereocenters. The molecule has 0 bridgehead atoms. The van der Waals surface area contributed by atoms with Gasteiger partial charge in [0.05, 0.1) is 6.07 Å². The molecule has 3 nitrogen and oxygen atoms in total. The molecule has 3 heteroatoms. The van der Waals surface area contributed by atoms with Gasteiger partial charge in [-0.2, -0.15) is 5.26 Å². The van der Waals surface area contributed by atoms with E-state index in [0.717, 1.165) is 25.8 Å². The lowest BCUT2D eigenvalue weighted by Crippen LogP contribution is -2.45. The average molecular weight is 291 g/mol. The van der Waals surface area contributed by atoms with Crippen molar-refractivity contribution < 1.29 is 0 Å². The van der Waals surface area contributed by atoms with Crippen molar-refractivity contribution in [3.05, 3.63) is 0 Å². The Morgan fingerprint density at radius 2 is 2.00 bits per heavy atom. The van der Waals surface area contributed by atoms with Crippen molar-refractivity contribution in [3.63, 3.8) is 0 Å². The summed E-state index contributed by atoms with van der Waals surface area (Å²) in [4.78, 5) is 2.63. The van der Waals surface area contributed by atoms with Crippen LogP contribution in [0.4, 0.5) is 0 Å². The molecule has 2 aliphatic rings. The first-order valence-corrected chi connectivity index (χ1v) is 9.02. The van der Waals surface area contributed by atoms with Crippen LogP contribution >= 0.6 is 0 Å². The summed E-state index contributed by atoms with van der Waals surface area (Å²) in [5.41, 5.74) is 0.302. The first-order chi connectivity index (χ1) is 10.1. The second-order valence-corrected chi connectivity index (χ2v) is 7.30. The third-order valence-electron chi connectivity index (χ3n) is 5.97. The number of hydrogen-bond donors (Lipinski definition) is 1. The van der Waals surface area contributed by atoms with Gasteiger partial charge in [-0.3, -0.25) is 5.32 Å². The quantitative estimate of drug-likeness (QED) is 0.704. The normalized spacial score (nSPS) is 24.7. The van der Waals surface area contributed by atoms with Crippen LogP contribution in [-0.4, -0.2) is 36.1 Å². The number of likely N-dealkylation sites (tertiary alicyclic amines) is 1. The molecule has 0 aromatic heterocycles. The Hall–Kier alpha value is -0.590. The summed E-state index contributed by atoms with van der Waals surface area (Å²) in [5, 5.41) is 13.2. The van der Waals surface area contributed by atoms with Gasteiger partial charge in [-0.05, 0) is 69.9 Å². The summed E-state index contributed by atoms with van der Waals surface area (Å²) in [7, 11) is 0. The number of nitriles is 1. The summed E-state index contributed by atoms with van der Waals surface area (Å²) >= 11 is 0. The summed E-state index contributed by atoms with van der Waals surface area (Å²) in [6, 6.07) is 3.19. The Bertz CT molecular complexity index is 365. The zero-order chi connectivity index (χ0) is 15.3. The molecule has 0 spiro atoms. The smallest absolute Gasteiger partial charge is 0.106 e. The minimum absolute atomic E-state index is 0.270. The minimum atomic E-state index is -0.270. The van der Waals surface area contributed by atoms with E-state index >= 15 is 0 Å². The van der Waals surface area contributed by atoms with Crippen molar-refractivity contribution >= 4 is 0 Å². The molecule has 1 saturated carbocycles. The SMILES string of the molecule is CCC1(CC)CCN(CCCC(C#N)(CC)NC2CC2)C1. The Morgan fingerprint density at radius 3 is 2.48 bits per heavy atom. The highest BCUT2D eigenvalue weighted by Gasteiger charge is 2.36. The standard InChI is InChI=1S/C18H33N3/c1-4-17(5-2)11-13-21(15-17)12-7-10-18(6-3,14-19)20-16-8-9-16/h16,20H,4-13,15H2,1-3H3. The Labute approximate surface area is 131 Å². The van der Waals surface area contributed by atoms with Crippen molar-refractivity contribution in [3.8, 4) is 6.07 Å². The first-order valence-electron chi connectivity index (χ1n) is 9.02. The molecule has 1 atom stereocenters. The fourth-order valence-corrected chi connectivity index (χ4v) is 3.79. The second kappa shape index (κ2) is 7.11. The number of hydrogen-bond acceptors (Lipinski definition) is 3. The van der Waals surface area contributed by atoms with E-state index in [-0.39, 0.29) is 5.54 Å². The third-order valence-corrected chi connectivity index (χ3v) is 5.97. The lowest BCUT2D eigenvalue weighted by molar-refractivity contribution is 0.231. The molecule has 0 aromatic rings. The van der Waals surface area contributed by atoms with Crippen molar-refractivity contribution in [2.24, 2.45) is 5.41 Å². The lowest BCUT2D eigenvalue weighted by Gasteiger charge is -2.29. The maximum atomic E-state index is 9.58. The third kappa shape index (κ3) is 4.20. The Morgan fingerprint density at radius 1 is 1.29 bits per heavy atom. The van der Waals surface area contributed by atoms with Gasteiger partial charge in [-0.1, -0.05) is 20.8 Å². The second-order valence-electron chi connectivity index (χ2n) is 7.30. The summed E-state index contributed by atoms with van der Waals surface area (Å²) < 4.78 is 0. The zero-order valence-electron chi connectivity index (χ0n) is 14.2. The maximum absolute atomic E-state index is 9.58. The van der Waals surface area contributed by atoms with Gasteiger partial charge in [-0.25, -0.2) is 0 Å². The predicted octanol–water partition coefficient (Wildman–Crippen LogP) is 3.70. The number of rotatable bonds is 9. The fraction of sp³-hybridized carbons (Fsp3) is 0.944. The van der Waals surface area contributed by atoms with E-state index < -0.39 is 0 Å². The van der Waals surface area contributed by atoms with E-state index in [0.29, 0.717) is 11.5 Å². The zero-order valence-corrected chi connectivity index (χ0v) is 14.2. The first kappa shape index (κ1) is 16.8. The molecule has 0 aromatic carbocycles. The molecule has 120 valence electrons. The predicted molar refractivity (Wildman–Crippen MR) is 88.1 cm³/mol. The van der Waals surface area contributed by atoms with E-state index in [1.54, 1.807) is 0 Å². The molecular formula is C18H33N3. The van der Waals surface area contributed by atoms with Crippen LogP contribution in [0.1, 0.15) is 72.1 Å². The molecule has 1 aliphatic heterocycles. The van der Waals surface area contributed by atoms with E-state index in [4.69, 9.17) is 0 Å². The highest BCUT2D eigenvalue weighted by Crippen LogP contribution is 2.37. The maximum Gasteiger partial charge on any atom is 0.106 e. The molecule has 2 rings (SSSR count). The van der Waals surface area contributed by atoms with Gasteiger partial charge in [0, 0.05) is 12.6 Å². The van der Waals surface area contributed by atoms with Crippen LogP contribution in [0.3, 0.4) is 0 Å². The monoisotopic (exact) mass is 291 g/mol. The molecule has 0 radical (unpaired) electrons. The fourth-order valence-electron chi connectivity index (χ4n) is 3.79. The van der Waals surface area contributed by atoms with E-state index in [2.05, 4.69) is 37.1 Å². The molecular weight excluding hydrogens is 258 g/mol. The van der Waals surface area contributed by atoms with Gasteiger partial charge < -0.3 is 4.90 Å². The van der Waals surface area contributed by atoms with Crippen LogP contribution in [0.5, 0.6) is 0 Å². The van der Waals surface area contributed by atoms with Gasteiger partial charge in [0.25, 0.3) is 0 Å². The molecule has 21 heavy (non-hydrogen) atoms. The highest BCUT2D eigenvalue weighted by atomic mass is 15.2. The van der Waals surface area contributed by atoms with Crippen molar-refractivity contribution in [1.82, 2.24) is 10.2 Å². The topological polar surface area (TPSA) is 39.1 Å². The van der Waals surface area contributed by atoms with Gasteiger partial charge >= 0.3 is 0 Å².